The second-order valence-corrected chi connectivity index (χ2v) is 5.55. The molecular formula is C14H22N4S. The Kier molecular flexibility index (Phi) is 4.74. The van der Waals surface area contributed by atoms with Crippen molar-refractivity contribution in [3.05, 3.63) is 35.9 Å². The molecule has 1 saturated heterocycles. The Bertz CT molecular complexity index is 413. The first-order chi connectivity index (χ1) is 9.08. The van der Waals surface area contributed by atoms with Crippen LogP contribution in [0.25, 0.3) is 0 Å². The van der Waals surface area contributed by atoms with Gasteiger partial charge in [-0.3, -0.25) is 10.9 Å². The van der Waals surface area contributed by atoms with E-state index in [1.807, 2.05) is 18.2 Å². The Balaban J connectivity index is 1.88. The topological polar surface area (TPSA) is 48.1 Å². The van der Waals surface area contributed by atoms with Crippen LogP contribution in [0.4, 0.5) is 0 Å². The monoisotopic (exact) mass is 278 g/mol. The Labute approximate surface area is 120 Å². The van der Waals surface area contributed by atoms with Gasteiger partial charge in [-0.25, -0.2) is 0 Å². The zero-order valence-corrected chi connectivity index (χ0v) is 12.4. The summed E-state index contributed by atoms with van der Waals surface area (Å²) in [6, 6.07) is 11.5. The maximum absolute atomic E-state index is 5.39. The molecule has 5 heteroatoms. The van der Waals surface area contributed by atoms with Gasteiger partial charge in [-0.2, -0.15) is 0 Å². The predicted molar refractivity (Wildman–Crippen MR) is 82.7 cm³/mol. The van der Waals surface area contributed by atoms with Crippen molar-refractivity contribution in [1.82, 2.24) is 21.5 Å². The minimum Gasteiger partial charge on any atom is -0.357 e. The van der Waals surface area contributed by atoms with E-state index in [9.17, 15) is 0 Å². The highest BCUT2D eigenvalue weighted by molar-refractivity contribution is 7.80. The van der Waals surface area contributed by atoms with Gasteiger partial charge < -0.3 is 10.6 Å². The first-order valence-electron chi connectivity index (χ1n) is 6.71. The fourth-order valence-corrected chi connectivity index (χ4v) is 2.65. The van der Waals surface area contributed by atoms with E-state index in [-0.39, 0.29) is 6.04 Å². The van der Waals surface area contributed by atoms with Crippen LogP contribution in [0, 0.1) is 0 Å². The van der Waals surface area contributed by atoms with Crippen molar-refractivity contribution in [2.75, 3.05) is 0 Å². The average Bonchev–Trinajstić information content (AvgIpc) is 2.71. The molecule has 1 heterocycles. The van der Waals surface area contributed by atoms with Gasteiger partial charge in [0, 0.05) is 12.1 Å². The normalized spacial score (nSPS) is 27.8. The van der Waals surface area contributed by atoms with Crippen LogP contribution in [0.1, 0.15) is 32.4 Å². The molecule has 0 aliphatic carbocycles. The molecule has 4 N–H and O–H groups in total. The maximum Gasteiger partial charge on any atom is 0.167 e. The number of benzene rings is 1. The van der Waals surface area contributed by atoms with Crippen molar-refractivity contribution in [2.24, 2.45) is 0 Å². The minimum absolute atomic E-state index is 0.203. The van der Waals surface area contributed by atoms with Crippen LogP contribution in [0.5, 0.6) is 0 Å². The number of rotatable bonds is 3. The summed E-state index contributed by atoms with van der Waals surface area (Å²) in [6.45, 7) is 6.39. The lowest BCUT2D eigenvalue weighted by atomic mass is 10.1. The quantitative estimate of drug-likeness (QED) is 0.631. The number of nitrogens with one attached hydrogen (secondary N) is 4. The van der Waals surface area contributed by atoms with Crippen molar-refractivity contribution in [3.63, 3.8) is 0 Å². The summed E-state index contributed by atoms with van der Waals surface area (Å²) in [5.74, 6) is 0. The lowest BCUT2D eigenvalue weighted by Gasteiger charge is -2.24. The Hall–Kier alpha value is -1.17. The lowest BCUT2D eigenvalue weighted by molar-refractivity contribution is 0.509. The largest absolute Gasteiger partial charge is 0.357 e. The molecule has 3 atom stereocenters. The Morgan fingerprint density at radius 2 is 1.74 bits per heavy atom. The van der Waals surface area contributed by atoms with Gasteiger partial charge in [-0.05, 0) is 38.6 Å². The summed E-state index contributed by atoms with van der Waals surface area (Å²) in [4.78, 5) is 0. The van der Waals surface area contributed by atoms with Crippen LogP contribution in [0.3, 0.4) is 0 Å². The molecule has 0 amide bonds. The van der Waals surface area contributed by atoms with E-state index >= 15 is 0 Å². The van der Waals surface area contributed by atoms with Gasteiger partial charge >= 0.3 is 0 Å². The second-order valence-electron chi connectivity index (χ2n) is 5.14. The molecule has 1 fully saturated rings. The molecule has 1 aromatic carbocycles. The summed E-state index contributed by atoms with van der Waals surface area (Å²) in [6.07, 6.45) is 0. The van der Waals surface area contributed by atoms with E-state index in [0.29, 0.717) is 23.2 Å². The van der Waals surface area contributed by atoms with Crippen molar-refractivity contribution in [1.29, 1.82) is 0 Å². The molecule has 1 aliphatic rings. The van der Waals surface area contributed by atoms with Crippen molar-refractivity contribution < 1.29 is 0 Å². The first kappa shape index (κ1) is 14.2. The summed E-state index contributed by atoms with van der Waals surface area (Å²) in [5, 5.41) is 7.40. The second kappa shape index (κ2) is 6.32. The average molecular weight is 278 g/mol. The number of hydrogen-bond acceptors (Lipinski definition) is 3. The molecule has 0 saturated carbocycles. The van der Waals surface area contributed by atoms with Crippen LogP contribution in [0.2, 0.25) is 0 Å². The SMILES string of the molecule is CC(NC(=S)NC1C(C)NNC1C)c1ccccc1. The third-order valence-corrected chi connectivity index (χ3v) is 3.80. The molecule has 0 aromatic heterocycles. The smallest absolute Gasteiger partial charge is 0.167 e. The molecule has 0 spiro atoms. The fourth-order valence-electron chi connectivity index (χ4n) is 2.34. The van der Waals surface area contributed by atoms with Crippen molar-refractivity contribution in [2.45, 2.75) is 44.9 Å². The van der Waals surface area contributed by atoms with Gasteiger partial charge in [0.1, 0.15) is 0 Å². The van der Waals surface area contributed by atoms with E-state index in [1.54, 1.807) is 0 Å². The van der Waals surface area contributed by atoms with Crippen LogP contribution in [-0.2, 0) is 0 Å². The molecule has 0 radical (unpaired) electrons. The van der Waals surface area contributed by atoms with Crippen LogP contribution in [0.15, 0.2) is 30.3 Å². The van der Waals surface area contributed by atoms with Crippen LogP contribution < -0.4 is 21.5 Å². The molecule has 1 aliphatic heterocycles. The maximum atomic E-state index is 5.39. The highest BCUT2D eigenvalue weighted by atomic mass is 32.1. The molecule has 0 bridgehead atoms. The third kappa shape index (κ3) is 3.65. The Morgan fingerprint density at radius 1 is 1.16 bits per heavy atom. The number of hydrazine groups is 1. The third-order valence-electron chi connectivity index (χ3n) is 3.56. The van der Waals surface area contributed by atoms with Gasteiger partial charge in [0.25, 0.3) is 0 Å². The van der Waals surface area contributed by atoms with Gasteiger partial charge in [-0.1, -0.05) is 30.3 Å². The van der Waals surface area contributed by atoms with Gasteiger partial charge in [0.05, 0.1) is 12.1 Å². The van der Waals surface area contributed by atoms with Crippen LogP contribution >= 0.6 is 12.2 Å². The molecular weight excluding hydrogens is 256 g/mol. The van der Waals surface area contributed by atoms with Crippen LogP contribution in [-0.4, -0.2) is 23.2 Å². The predicted octanol–water partition coefficient (Wildman–Crippen LogP) is 1.47. The highest BCUT2D eigenvalue weighted by Gasteiger charge is 2.30. The van der Waals surface area contributed by atoms with E-state index in [0.717, 1.165) is 0 Å². The molecule has 2 rings (SSSR count). The zero-order valence-electron chi connectivity index (χ0n) is 11.6. The molecule has 1 aromatic rings. The molecule has 104 valence electrons. The van der Waals surface area contributed by atoms with Gasteiger partial charge in [0.2, 0.25) is 0 Å². The fraction of sp³-hybridized carbons (Fsp3) is 0.500. The van der Waals surface area contributed by atoms with E-state index in [2.05, 4.69) is 54.4 Å². The van der Waals surface area contributed by atoms with Crippen molar-refractivity contribution in [3.8, 4) is 0 Å². The van der Waals surface area contributed by atoms with Gasteiger partial charge in [0.15, 0.2) is 5.11 Å². The van der Waals surface area contributed by atoms with Crippen molar-refractivity contribution >= 4 is 17.3 Å². The number of hydrogen-bond donors (Lipinski definition) is 4. The summed E-state index contributed by atoms with van der Waals surface area (Å²) >= 11 is 5.39. The van der Waals surface area contributed by atoms with Gasteiger partial charge in [-0.15, -0.1) is 0 Å². The highest BCUT2D eigenvalue weighted by Crippen LogP contribution is 2.11. The van der Waals surface area contributed by atoms with E-state index < -0.39 is 0 Å². The lowest BCUT2D eigenvalue weighted by Crippen LogP contribution is -2.50. The zero-order chi connectivity index (χ0) is 13.8. The molecule has 4 nitrogen and oxygen atoms in total. The van der Waals surface area contributed by atoms with E-state index in [1.165, 1.54) is 5.56 Å². The minimum atomic E-state index is 0.203. The van der Waals surface area contributed by atoms with E-state index in [4.69, 9.17) is 12.2 Å². The standard InChI is InChI=1S/C14H22N4S/c1-9(12-7-5-4-6-8-12)15-14(19)16-13-10(2)17-18-11(13)3/h4-11,13,17-18H,1-3H3,(H2,15,16,19). The summed E-state index contributed by atoms with van der Waals surface area (Å²) < 4.78 is 0. The first-order valence-corrected chi connectivity index (χ1v) is 7.12. The summed E-state index contributed by atoms with van der Waals surface area (Å²) in [7, 11) is 0. The Morgan fingerprint density at radius 3 is 2.32 bits per heavy atom. The summed E-state index contributed by atoms with van der Waals surface area (Å²) in [5.41, 5.74) is 7.65. The molecule has 19 heavy (non-hydrogen) atoms. The number of thiocarbonyl (C=S) groups is 1. The molecule has 3 unspecified atom stereocenters.